The van der Waals surface area contributed by atoms with Gasteiger partial charge in [-0.15, -0.1) is 0 Å². The fourth-order valence-corrected chi connectivity index (χ4v) is 2.39. The Hall–Kier alpha value is -1.10. The van der Waals surface area contributed by atoms with Crippen LogP contribution in [-0.2, 0) is 4.74 Å². The van der Waals surface area contributed by atoms with Crippen molar-refractivity contribution in [2.75, 3.05) is 26.8 Å². The molecule has 1 heterocycles. The van der Waals surface area contributed by atoms with Crippen molar-refractivity contribution >= 4 is 0 Å². The summed E-state index contributed by atoms with van der Waals surface area (Å²) in [6, 6.07) is 7.71. The van der Waals surface area contributed by atoms with Gasteiger partial charge < -0.3 is 19.9 Å². The van der Waals surface area contributed by atoms with Gasteiger partial charge in [-0.1, -0.05) is 12.1 Å². The quantitative estimate of drug-likeness (QED) is 0.804. The van der Waals surface area contributed by atoms with Gasteiger partial charge in [0.05, 0.1) is 12.2 Å². The van der Waals surface area contributed by atoms with E-state index in [0.717, 1.165) is 37.3 Å². The zero-order valence-electron chi connectivity index (χ0n) is 12.2. The first-order valence-corrected chi connectivity index (χ1v) is 7.46. The van der Waals surface area contributed by atoms with Crippen LogP contribution in [-0.4, -0.2) is 38.0 Å². The molecule has 0 aliphatic carbocycles. The molecule has 0 radical (unpaired) electrons. The lowest BCUT2D eigenvalue weighted by Crippen LogP contribution is -2.25. The molecular weight excluding hydrogens is 254 g/mol. The standard InChI is InChI=1S/C16H25NO3/c1-17-9-8-16(18)13-5-4-7-14(11-13)20-12-15-6-2-3-10-19-15/h4-5,7,11,15-18H,2-3,6,8-10,12H2,1H3. The van der Waals surface area contributed by atoms with Gasteiger partial charge in [0.2, 0.25) is 0 Å². The van der Waals surface area contributed by atoms with Crippen LogP contribution in [0.25, 0.3) is 0 Å². The lowest BCUT2D eigenvalue weighted by Gasteiger charge is -2.22. The summed E-state index contributed by atoms with van der Waals surface area (Å²) in [5.74, 6) is 0.806. The molecule has 4 nitrogen and oxygen atoms in total. The smallest absolute Gasteiger partial charge is 0.119 e. The Labute approximate surface area is 121 Å². The molecule has 20 heavy (non-hydrogen) atoms. The van der Waals surface area contributed by atoms with Crippen LogP contribution < -0.4 is 10.1 Å². The van der Waals surface area contributed by atoms with Crippen molar-refractivity contribution < 1.29 is 14.6 Å². The van der Waals surface area contributed by atoms with Crippen LogP contribution in [0.1, 0.15) is 37.4 Å². The normalized spacial score (nSPS) is 20.6. The van der Waals surface area contributed by atoms with Gasteiger partial charge in [-0.2, -0.15) is 0 Å². The van der Waals surface area contributed by atoms with E-state index in [2.05, 4.69) is 5.32 Å². The topological polar surface area (TPSA) is 50.7 Å². The largest absolute Gasteiger partial charge is 0.491 e. The Morgan fingerprint density at radius 1 is 1.45 bits per heavy atom. The predicted octanol–water partition coefficient (Wildman–Crippen LogP) is 2.28. The third-order valence-electron chi connectivity index (χ3n) is 3.62. The molecule has 1 fully saturated rings. The van der Waals surface area contributed by atoms with Crippen LogP contribution in [0.15, 0.2) is 24.3 Å². The summed E-state index contributed by atoms with van der Waals surface area (Å²) in [5, 5.41) is 13.1. The van der Waals surface area contributed by atoms with Gasteiger partial charge in [-0.25, -0.2) is 0 Å². The van der Waals surface area contributed by atoms with Crippen molar-refractivity contribution in [1.82, 2.24) is 5.32 Å². The molecule has 1 aliphatic rings. The number of aliphatic hydroxyl groups is 1. The van der Waals surface area contributed by atoms with Crippen molar-refractivity contribution in [2.45, 2.75) is 37.9 Å². The monoisotopic (exact) mass is 279 g/mol. The highest BCUT2D eigenvalue weighted by Crippen LogP contribution is 2.22. The van der Waals surface area contributed by atoms with E-state index in [1.54, 1.807) is 0 Å². The van der Waals surface area contributed by atoms with E-state index in [1.165, 1.54) is 6.42 Å². The van der Waals surface area contributed by atoms with Crippen molar-refractivity contribution in [3.05, 3.63) is 29.8 Å². The van der Waals surface area contributed by atoms with Crippen molar-refractivity contribution in [1.29, 1.82) is 0 Å². The summed E-state index contributed by atoms with van der Waals surface area (Å²) in [7, 11) is 1.89. The van der Waals surface area contributed by atoms with Crippen LogP contribution in [0.3, 0.4) is 0 Å². The van der Waals surface area contributed by atoms with Crippen molar-refractivity contribution in [2.24, 2.45) is 0 Å². The van der Waals surface area contributed by atoms with E-state index in [4.69, 9.17) is 9.47 Å². The first kappa shape index (κ1) is 15.3. The molecule has 0 bridgehead atoms. The molecule has 1 aromatic rings. The molecular formula is C16H25NO3. The van der Waals surface area contributed by atoms with Gasteiger partial charge in [0, 0.05) is 6.61 Å². The number of benzene rings is 1. The first-order valence-electron chi connectivity index (χ1n) is 7.46. The minimum atomic E-state index is -0.447. The molecule has 2 unspecified atom stereocenters. The molecule has 112 valence electrons. The summed E-state index contributed by atoms with van der Waals surface area (Å²) < 4.78 is 11.4. The Kier molecular flexibility index (Phi) is 6.30. The van der Waals surface area contributed by atoms with Crippen LogP contribution in [0.4, 0.5) is 0 Å². The summed E-state index contributed by atoms with van der Waals surface area (Å²) in [6.07, 6.45) is 3.91. The maximum Gasteiger partial charge on any atom is 0.119 e. The fraction of sp³-hybridized carbons (Fsp3) is 0.625. The van der Waals surface area contributed by atoms with Crippen LogP contribution >= 0.6 is 0 Å². The lowest BCUT2D eigenvalue weighted by atomic mass is 10.1. The number of nitrogens with one attached hydrogen (secondary N) is 1. The Morgan fingerprint density at radius 3 is 3.10 bits per heavy atom. The molecule has 0 saturated carbocycles. The molecule has 1 aliphatic heterocycles. The van der Waals surface area contributed by atoms with Gasteiger partial charge in [-0.3, -0.25) is 0 Å². The third kappa shape index (κ3) is 4.78. The Morgan fingerprint density at radius 2 is 2.35 bits per heavy atom. The van der Waals surface area contributed by atoms with E-state index < -0.39 is 6.10 Å². The van der Waals surface area contributed by atoms with Gasteiger partial charge in [0.1, 0.15) is 12.4 Å². The molecule has 0 amide bonds. The average molecular weight is 279 g/mol. The molecule has 1 aromatic carbocycles. The van der Waals surface area contributed by atoms with Crippen molar-refractivity contribution in [3.63, 3.8) is 0 Å². The second-order valence-corrected chi connectivity index (χ2v) is 5.28. The minimum Gasteiger partial charge on any atom is -0.491 e. The lowest BCUT2D eigenvalue weighted by molar-refractivity contribution is -0.0111. The number of hydrogen-bond acceptors (Lipinski definition) is 4. The van der Waals surface area contributed by atoms with Crippen LogP contribution in [0.5, 0.6) is 5.75 Å². The molecule has 0 aromatic heterocycles. The van der Waals surface area contributed by atoms with Crippen LogP contribution in [0, 0.1) is 0 Å². The van der Waals surface area contributed by atoms with E-state index in [-0.39, 0.29) is 6.10 Å². The van der Waals surface area contributed by atoms with Crippen LogP contribution in [0.2, 0.25) is 0 Å². The Balaban J connectivity index is 1.85. The van der Waals surface area contributed by atoms with E-state index >= 15 is 0 Å². The number of hydrogen-bond donors (Lipinski definition) is 2. The number of ether oxygens (including phenoxy) is 2. The Bertz CT molecular complexity index is 391. The van der Waals surface area contributed by atoms with E-state index in [1.807, 2.05) is 31.3 Å². The molecule has 2 N–H and O–H groups in total. The van der Waals surface area contributed by atoms with Gasteiger partial charge in [0.15, 0.2) is 0 Å². The minimum absolute atomic E-state index is 0.210. The van der Waals surface area contributed by atoms with Crippen molar-refractivity contribution in [3.8, 4) is 5.75 Å². The SMILES string of the molecule is CNCCC(O)c1cccc(OCC2CCCCO2)c1. The summed E-state index contributed by atoms with van der Waals surface area (Å²) in [4.78, 5) is 0. The second kappa shape index (κ2) is 8.25. The molecule has 4 heteroatoms. The predicted molar refractivity (Wildman–Crippen MR) is 79.0 cm³/mol. The first-order chi connectivity index (χ1) is 9.79. The van der Waals surface area contributed by atoms with Gasteiger partial charge in [-0.05, 0) is 57.0 Å². The molecule has 2 atom stereocenters. The summed E-state index contributed by atoms with van der Waals surface area (Å²) >= 11 is 0. The number of aliphatic hydroxyl groups excluding tert-OH is 1. The molecule has 2 rings (SSSR count). The van der Waals surface area contributed by atoms with Gasteiger partial charge in [0.25, 0.3) is 0 Å². The maximum absolute atomic E-state index is 10.1. The highest BCUT2D eigenvalue weighted by atomic mass is 16.5. The van der Waals surface area contributed by atoms with E-state index in [0.29, 0.717) is 13.0 Å². The fourth-order valence-electron chi connectivity index (χ4n) is 2.39. The second-order valence-electron chi connectivity index (χ2n) is 5.28. The van der Waals surface area contributed by atoms with Gasteiger partial charge >= 0.3 is 0 Å². The zero-order chi connectivity index (χ0) is 14.2. The third-order valence-corrected chi connectivity index (χ3v) is 3.62. The molecule has 0 spiro atoms. The van der Waals surface area contributed by atoms with E-state index in [9.17, 15) is 5.11 Å². The molecule has 1 saturated heterocycles. The average Bonchev–Trinajstić information content (AvgIpc) is 2.52. The summed E-state index contributed by atoms with van der Waals surface area (Å²) in [5.41, 5.74) is 0.905. The highest BCUT2D eigenvalue weighted by Gasteiger charge is 2.15. The number of rotatable bonds is 7. The summed E-state index contributed by atoms with van der Waals surface area (Å²) in [6.45, 7) is 2.23. The zero-order valence-corrected chi connectivity index (χ0v) is 12.2. The highest BCUT2D eigenvalue weighted by molar-refractivity contribution is 5.29. The maximum atomic E-state index is 10.1.